The van der Waals surface area contributed by atoms with E-state index in [-0.39, 0.29) is 21.2 Å². The van der Waals surface area contributed by atoms with Gasteiger partial charge in [0.05, 0.1) is 0 Å². The zero-order valence-corrected chi connectivity index (χ0v) is 10.7. The highest BCUT2D eigenvalue weighted by Crippen LogP contribution is 2.31. The summed E-state index contributed by atoms with van der Waals surface area (Å²) in [6.45, 7) is 0. The molecule has 1 heterocycles. The first-order valence-corrected chi connectivity index (χ1v) is 5.92. The molecule has 0 atom stereocenters. The average molecular weight is 312 g/mol. The first-order chi connectivity index (χ1) is 8.61. The number of carbonyl (C=O) groups is 1. The van der Waals surface area contributed by atoms with Crippen LogP contribution in [-0.4, -0.2) is 10.8 Å². The van der Waals surface area contributed by atoms with Gasteiger partial charge >= 0.3 is 0 Å². The van der Waals surface area contributed by atoms with Crippen molar-refractivity contribution in [2.45, 2.75) is 6.43 Å². The van der Waals surface area contributed by atoms with Crippen LogP contribution >= 0.6 is 15.9 Å². The van der Waals surface area contributed by atoms with Crippen molar-refractivity contribution in [2.75, 3.05) is 0 Å². The number of halogens is 3. The normalized spacial score (nSPS) is 10.7. The summed E-state index contributed by atoms with van der Waals surface area (Å²) >= 11 is 3.04. The van der Waals surface area contributed by atoms with Gasteiger partial charge in [0.1, 0.15) is 0 Å². The van der Waals surface area contributed by atoms with Gasteiger partial charge in [-0.1, -0.05) is 28.1 Å². The fraction of sp³-hybridized carbons (Fsp3) is 0.0769. The van der Waals surface area contributed by atoms with Crippen LogP contribution in [0.2, 0.25) is 0 Å². The second kappa shape index (κ2) is 5.35. The van der Waals surface area contributed by atoms with Crippen molar-refractivity contribution in [3.8, 4) is 0 Å². The number of carbonyl (C=O) groups excluding carboxylic acids is 1. The fourth-order valence-corrected chi connectivity index (χ4v) is 2.15. The molecule has 1 aromatic carbocycles. The molecule has 0 saturated carbocycles. The number of hydrogen-bond donors (Lipinski definition) is 0. The van der Waals surface area contributed by atoms with E-state index in [1.165, 1.54) is 24.5 Å². The molecule has 0 fully saturated rings. The summed E-state index contributed by atoms with van der Waals surface area (Å²) in [5, 5.41) is 0. The van der Waals surface area contributed by atoms with E-state index in [0.29, 0.717) is 0 Å². The van der Waals surface area contributed by atoms with E-state index in [0.717, 1.165) is 0 Å². The molecule has 2 aromatic rings. The van der Waals surface area contributed by atoms with Gasteiger partial charge in [0.25, 0.3) is 6.43 Å². The maximum absolute atomic E-state index is 13.0. The number of hydrogen-bond acceptors (Lipinski definition) is 2. The Labute approximate surface area is 111 Å². The van der Waals surface area contributed by atoms with Crippen LogP contribution in [0.4, 0.5) is 8.78 Å². The fourth-order valence-electron chi connectivity index (χ4n) is 1.61. The first-order valence-electron chi connectivity index (χ1n) is 5.12. The molecule has 92 valence electrons. The zero-order valence-electron chi connectivity index (χ0n) is 9.11. The molecule has 18 heavy (non-hydrogen) atoms. The topological polar surface area (TPSA) is 30.0 Å². The lowest BCUT2D eigenvalue weighted by Gasteiger charge is -2.09. The Morgan fingerprint density at radius 3 is 2.61 bits per heavy atom. The molecule has 0 saturated heterocycles. The summed E-state index contributed by atoms with van der Waals surface area (Å²) < 4.78 is 26.2. The third-order valence-corrected chi connectivity index (χ3v) is 3.13. The molecule has 2 nitrogen and oxygen atoms in total. The van der Waals surface area contributed by atoms with Gasteiger partial charge in [0, 0.05) is 33.6 Å². The van der Waals surface area contributed by atoms with Crippen molar-refractivity contribution in [3.05, 3.63) is 63.9 Å². The van der Waals surface area contributed by atoms with Crippen molar-refractivity contribution >= 4 is 21.7 Å². The lowest BCUT2D eigenvalue weighted by atomic mass is 10.00. The smallest absolute Gasteiger partial charge is 0.265 e. The number of aromatic nitrogens is 1. The van der Waals surface area contributed by atoms with Crippen molar-refractivity contribution in [2.24, 2.45) is 0 Å². The quantitative estimate of drug-likeness (QED) is 0.802. The summed E-state index contributed by atoms with van der Waals surface area (Å²) in [5.74, 6) is -0.459. The van der Waals surface area contributed by atoms with Gasteiger partial charge in [0.15, 0.2) is 5.78 Å². The molecule has 2 rings (SSSR count). The molecule has 1 aromatic heterocycles. The molecule has 0 aliphatic carbocycles. The molecule has 0 unspecified atom stereocenters. The van der Waals surface area contributed by atoms with Gasteiger partial charge in [-0.15, -0.1) is 0 Å². The van der Waals surface area contributed by atoms with Crippen molar-refractivity contribution in [1.29, 1.82) is 0 Å². The molecule has 0 bridgehead atoms. The van der Waals surface area contributed by atoms with E-state index < -0.39 is 12.2 Å². The zero-order chi connectivity index (χ0) is 13.1. The summed E-state index contributed by atoms with van der Waals surface area (Å²) in [7, 11) is 0. The second-order valence-corrected chi connectivity index (χ2v) is 4.43. The van der Waals surface area contributed by atoms with Crippen LogP contribution in [0.15, 0.2) is 47.2 Å². The number of benzene rings is 1. The number of rotatable bonds is 3. The van der Waals surface area contributed by atoms with Crippen LogP contribution in [0.25, 0.3) is 0 Å². The van der Waals surface area contributed by atoms with E-state index >= 15 is 0 Å². The van der Waals surface area contributed by atoms with Crippen molar-refractivity contribution in [1.82, 2.24) is 4.98 Å². The van der Waals surface area contributed by atoms with Crippen LogP contribution in [0, 0.1) is 0 Å². The molecule has 0 spiro atoms. The summed E-state index contributed by atoms with van der Waals surface area (Å²) in [4.78, 5) is 15.9. The Balaban J connectivity index is 2.52. The maximum atomic E-state index is 13.0. The Hall–Kier alpha value is -1.62. The maximum Gasteiger partial charge on any atom is 0.265 e. The molecule has 0 aliphatic heterocycles. The summed E-state index contributed by atoms with van der Waals surface area (Å²) in [5.41, 5.74) is -0.00349. The van der Waals surface area contributed by atoms with Crippen molar-refractivity contribution < 1.29 is 13.6 Å². The van der Waals surface area contributed by atoms with E-state index in [1.807, 2.05) is 0 Å². The average Bonchev–Trinajstić information content (AvgIpc) is 2.38. The van der Waals surface area contributed by atoms with Gasteiger partial charge in [-0.2, -0.15) is 0 Å². The Bertz CT molecular complexity index is 572. The van der Waals surface area contributed by atoms with Gasteiger partial charge in [-0.05, 0) is 18.2 Å². The Morgan fingerprint density at radius 1 is 1.22 bits per heavy atom. The standard InChI is InChI=1S/C13H8BrF2NO/c14-10-5-1-4-9(11(10)13(15)16)12(18)8-3-2-6-17-7-8/h1-7,13H. The summed E-state index contributed by atoms with van der Waals surface area (Å²) in [6.07, 6.45) is 0.167. The Kier molecular flexibility index (Phi) is 3.81. The van der Waals surface area contributed by atoms with Crippen LogP contribution in [0.5, 0.6) is 0 Å². The second-order valence-electron chi connectivity index (χ2n) is 3.57. The highest BCUT2D eigenvalue weighted by atomic mass is 79.9. The predicted molar refractivity (Wildman–Crippen MR) is 66.8 cm³/mol. The van der Waals surface area contributed by atoms with E-state index in [9.17, 15) is 13.6 Å². The largest absolute Gasteiger partial charge is 0.289 e. The third-order valence-electron chi connectivity index (χ3n) is 2.44. The van der Waals surface area contributed by atoms with Crippen LogP contribution < -0.4 is 0 Å². The number of nitrogens with zero attached hydrogens (tertiary/aromatic N) is 1. The van der Waals surface area contributed by atoms with E-state index in [4.69, 9.17) is 0 Å². The number of alkyl halides is 2. The third kappa shape index (κ3) is 2.46. The minimum absolute atomic E-state index is 0.00706. The van der Waals surface area contributed by atoms with Gasteiger partial charge < -0.3 is 0 Å². The summed E-state index contributed by atoms with van der Waals surface area (Å²) in [6, 6.07) is 7.57. The number of pyridine rings is 1. The SMILES string of the molecule is O=C(c1cccnc1)c1cccc(Br)c1C(F)F. The highest BCUT2D eigenvalue weighted by Gasteiger charge is 2.21. The molecule has 0 radical (unpaired) electrons. The molecule has 5 heteroatoms. The molecular formula is C13H8BrF2NO. The van der Waals surface area contributed by atoms with Crippen molar-refractivity contribution in [3.63, 3.8) is 0 Å². The van der Waals surface area contributed by atoms with Gasteiger partial charge in [-0.25, -0.2) is 8.78 Å². The van der Waals surface area contributed by atoms with Crippen LogP contribution in [0.1, 0.15) is 27.9 Å². The van der Waals surface area contributed by atoms with E-state index in [2.05, 4.69) is 20.9 Å². The Morgan fingerprint density at radius 2 is 2.00 bits per heavy atom. The minimum Gasteiger partial charge on any atom is -0.289 e. The minimum atomic E-state index is -2.71. The highest BCUT2D eigenvalue weighted by molar-refractivity contribution is 9.10. The molecule has 0 amide bonds. The predicted octanol–water partition coefficient (Wildman–Crippen LogP) is 4.01. The monoisotopic (exact) mass is 311 g/mol. The first kappa shape index (κ1) is 12.8. The number of ketones is 1. The molecule has 0 N–H and O–H groups in total. The van der Waals surface area contributed by atoms with E-state index in [1.54, 1.807) is 18.2 Å². The van der Waals surface area contributed by atoms with Gasteiger partial charge in [-0.3, -0.25) is 9.78 Å². The molecular weight excluding hydrogens is 304 g/mol. The lowest BCUT2D eigenvalue weighted by molar-refractivity contribution is 0.102. The molecule has 0 aliphatic rings. The van der Waals surface area contributed by atoms with Crippen LogP contribution in [0.3, 0.4) is 0 Å². The lowest BCUT2D eigenvalue weighted by Crippen LogP contribution is -2.06. The van der Waals surface area contributed by atoms with Gasteiger partial charge in [0.2, 0.25) is 0 Å². The van der Waals surface area contributed by atoms with Crippen LogP contribution in [-0.2, 0) is 0 Å².